The van der Waals surface area contributed by atoms with Gasteiger partial charge < -0.3 is 16.2 Å². The van der Waals surface area contributed by atoms with E-state index >= 15 is 0 Å². The van der Waals surface area contributed by atoms with E-state index in [1.54, 1.807) is 0 Å². The van der Waals surface area contributed by atoms with Crippen molar-refractivity contribution in [2.45, 2.75) is 58.5 Å². The summed E-state index contributed by atoms with van der Waals surface area (Å²) >= 11 is 0. The minimum Gasteiger partial charge on any atom is -0.394 e. The molecule has 0 aromatic carbocycles. The molecule has 4 atom stereocenters. The highest BCUT2D eigenvalue weighted by Crippen LogP contribution is 2.29. The Morgan fingerprint density at radius 2 is 2.11 bits per heavy atom. The van der Waals surface area contributed by atoms with Gasteiger partial charge in [0.15, 0.2) is 0 Å². The number of nitrogens with two attached hydrogens (primary N) is 1. The molecule has 4 unspecified atom stereocenters. The molecule has 1 aliphatic carbocycles. The van der Waals surface area contributed by atoms with Crippen molar-refractivity contribution in [2.24, 2.45) is 23.5 Å². The molecule has 0 bridgehead atoms. The summed E-state index contributed by atoms with van der Waals surface area (Å²) in [6.45, 7) is 6.30. The molecule has 0 aliphatic heterocycles. The smallest absolute Gasteiger partial charge is 0.223 e. The maximum absolute atomic E-state index is 12.2. The molecule has 1 rings (SSSR count). The zero-order valence-electron chi connectivity index (χ0n) is 11.9. The van der Waals surface area contributed by atoms with Crippen molar-refractivity contribution in [3.63, 3.8) is 0 Å². The van der Waals surface area contributed by atoms with E-state index in [0.717, 1.165) is 25.7 Å². The summed E-state index contributed by atoms with van der Waals surface area (Å²) in [5.41, 5.74) is 5.91. The van der Waals surface area contributed by atoms with Crippen molar-refractivity contribution < 1.29 is 9.90 Å². The van der Waals surface area contributed by atoms with Crippen LogP contribution in [0.2, 0.25) is 0 Å². The first-order chi connectivity index (χ1) is 8.43. The second-order valence-electron chi connectivity index (χ2n) is 6.17. The maximum Gasteiger partial charge on any atom is 0.223 e. The Labute approximate surface area is 110 Å². The molecular formula is C14H28N2O2. The van der Waals surface area contributed by atoms with Crippen molar-refractivity contribution in [2.75, 3.05) is 6.61 Å². The van der Waals surface area contributed by atoms with Gasteiger partial charge in [-0.25, -0.2) is 0 Å². The van der Waals surface area contributed by atoms with Gasteiger partial charge in [0.05, 0.1) is 12.6 Å². The van der Waals surface area contributed by atoms with E-state index in [1.807, 2.05) is 0 Å². The van der Waals surface area contributed by atoms with Gasteiger partial charge in [0.25, 0.3) is 0 Å². The molecule has 18 heavy (non-hydrogen) atoms. The minimum absolute atomic E-state index is 0.0184. The fourth-order valence-electron chi connectivity index (χ4n) is 2.88. The van der Waals surface area contributed by atoms with Crippen molar-refractivity contribution in [1.29, 1.82) is 0 Å². The van der Waals surface area contributed by atoms with Crippen LogP contribution in [0.25, 0.3) is 0 Å². The van der Waals surface area contributed by atoms with Crippen molar-refractivity contribution in [3.05, 3.63) is 0 Å². The number of nitrogens with one attached hydrogen (secondary N) is 1. The summed E-state index contributed by atoms with van der Waals surface area (Å²) < 4.78 is 0. The SMILES string of the molecule is CC(C)CC(CO)NC(=O)C1CCC(N)CC1C. The Morgan fingerprint density at radius 1 is 1.44 bits per heavy atom. The molecule has 0 radical (unpaired) electrons. The molecule has 0 aromatic rings. The van der Waals surface area contributed by atoms with E-state index in [-0.39, 0.29) is 30.5 Å². The van der Waals surface area contributed by atoms with Crippen LogP contribution in [0.1, 0.15) is 46.5 Å². The summed E-state index contributed by atoms with van der Waals surface area (Å²) in [6.07, 6.45) is 3.54. The lowest BCUT2D eigenvalue weighted by Crippen LogP contribution is -2.46. The zero-order valence-corrected chi connectivity index (χ0v) is 11.9. The van der Waals surface area contributed by atoms with Gasteiger partial charge >= 0.3 is 0 Å². The molecule has 0 heterocycles. The van der Waals surface area contributed by atoms with E-state index in [4.69, 9.17) is 5.73 Å². The first-order valence-electron chi connectivity index (χ1n) is 7.10. The van der Waals surface area contributed by atoms with E-state index in [1.165, 1.54) is 0 Å². The number of rotatable bonds is 5. The second kappa shape index (κ2) is 7.10. The summed E-state index contributed by atoms with van der Waals surface area (Å²) in [5, 5.41) is 12.3. The molecule has 1 amide bonds. The third kappa shape index (κ3) is 4.58. The van der Waals surface area contributed by atoms with Gasteiger partial charge in [0.2, 0.25) is 5.91 Å². The first kappa shape index (κ1) is 15.4. The summed E-state index contributed by atoms with van der Waals surface area (Å²) in [4.78, 5) is 12.2. The van der Waals surface area contributed by atoms with Crippen molar-refractivity contribution >= 4 is 5.91 Å². The average Bonchev–Trinajstić information content (AvgIpc) is 2.27. The molecule has 1 aliphatic rings. The maximum atomic E-state index is 12.2. The van der Waals surface area contributed by atoms with Crippen LogP contribution >= 0.6 is 0 Å². The van der Waals surface area contributed by atoms with Crippen LogP contribution in [0.15, 0.2) is 0 Å². The molecule has 0 saturated heterocycles. The van der Waals surface area contributed by atoms with Gasteiger partial charge in [-0.1, -0.05) is 20.8 Å². The van der Waals surface area contributed by atoms with Gasteiger partial charge in [-0.3, -0.25) is 4.79 Å². The molecular weight excluding hydrogens is 228 g/mol. The van der Waals surface area contributed by atoms with Gasteiger partial charge in [0.1, 0.15) is 0 Å². The normalized spacial score (nSPS) is 30.2. The molecule has 4 N–H and O–H groups in total. The van der Waals surface area contributed by atoms with Crippen LogP contribution < -0.4 is 11.1 Å². The van der Waals surface area contributed by atoms with Crippen LogP contribution in [0.5, 0.6) is 0 Å². The quantitative estimate of drug-likeness (QED) is 0.693. The summed E-state index contributed by atoms with van der Waals surface area (Å²) in [5.74, 6) is 0.965. The number of hydrogen-bond acceptors (Lipinski definition) is 3. The lowest BCUT2D eigenvalue weighted by molar-refractivity contribution is -0.128. The standard InChI is InChI=1S/C14H28N2O2/c1-9(2)6-12(8-17)16-14(18)13-5-4-11(15)7-10(13)3/h9-13,17H,4-8,15H2,1-3H3,(H,16,18). The van der Waals surface area contributed by atoms with Gasteiger partial charge in [0, 0.05) is 12.0 Å². The van der Waals surface area contributed by atoms with Crippen LogP contribution in [0.4, 0.5) is 0 Å². The third-order valence-electron chi connectivity index (χ3n) is 3.87. The van der Waals surface area contributed by atoms with E-state index in [9.17, 15) is 9.90 Å². The van der Waals surface area contributed by atoms with Gasteiger partial charge in [-0.15, -0.1) is 0 Å². The highest BCUT2D eigenvalue weighted by molar-refractivity contribution is 5.79. The third-order valence-corrected chi connectivity index (χ3v) is 3.87. The molecule has 4 heteroatoms. The number of carbonyl (C=O) groups is 1. The molecule has 1 saturated carbocycles. The molecule has 0 aromatic heterocycles. The lowest BCUT2D eigenvalue weighted by atomic mass is 9.77. The fourth-order valence-corrected chi connectivity index (χ4v) is 2.88. The lowest BCUT2D eigenvalue weighted by Gasteiger charge is -2.32. The van der Waals surface area contributed by atoms with Gasteiger partial charge in [-0.2, -0.15) is 0 Å². The predicted molar refractivity (Wildman–Crippen MR) is 73.0 cm³/mol. The molecule has 4 nitrogen and oxygen atoms in total. The fraction of sp³-hybridized carbons (Fsp3) is 0.929. The van der Waals surface area contributed by atoms with Crippen LogP contribution in [0, 0.1) is 17.8 Å². The number of hydrogen-bond donors (Lipinski definition) is 3. The Hall–Kier alpha value is -0.610. The summed E-state index contributed by atoms with van der Waals surface area (Å²) in [7, 11) is 0. The highest BCUT2D eigenvalue weighted by Gasteiger charge is 2.31. The highest BCUT2D eigenvalue weighted by atomic mass is 16.3. The Kier molecular flexibility index (Phi) is 6.09. The average molecular weight is 256 g/mol. The minimum atomic E-state index is -0.111. The molecule has 0 spiro atoms. The Balaban J connectivity index is 2.48. The molecule has 106 valence electrons. The summed E-state index contributed by atoms with van der Waals surface area (Å²) in [6, 6.07) is 0.133. The predicted octanol–water partition coefficient (Wildman–Crippen LogP) is 1.27. The second-order valence-corrected chi connectivity index (χ2v) is 6.17. The van der Waals surface area contributed by atoms with E-state index in [2.05, 4.69) is 26.1 Å². The monoisotopic (exact) mass is 256 g/mol. The topological polar surface area (TPSA) is 75.3 Å². The Bertz CT molecular complexity index is 269. The number of aliphatic hydroxyl groups is 1. The number of carbonyl (C=O) groups excluding carboxylic acids is 1. The van der Waals surface area contributed by atoms with Crippen molar-refractivity contribution in [3.8, 4) is 0 Å². The Morgan fingerprint density at radius 3 is 2.61 bits per heavy atom. The van der Waals surface area contributed by atoms with Gasteiger partial charge in [-0.05, 0) is 37.5 Å². The van der Waals surface area contributed by atoms with Crippen LogP contribution in [0.3, 0.4) is 0 Å². The van der Waals surface area contributed by atoms with Crippen LogP contribution in [-0.2, 0) is 4.79 Å². The number of aliphatic hydroxyl groups excluding tert-OH is 1. The van der Waals surface area contributed by atoms with Crippen LogP contribution in [-0.4, -0.2) is 29.7 Å². The number of amides is 1. The zero-order chi connectivity index (χ0) is 13.7. The van der Waals surface area contributed by atoms with E-state index < -0.39 is 0 Å². The molecule has 1 fully saturated rings. The first-order valence-corrected chi connectivity index (χ1v) is 7.10. The van der Waals surface area contributed by atoms with Crippen molar-refractivity contribution in [1.82, 2.24) is 5.32 Å². The largest absolute Gasteiger partial charge is 0.394 e. The van der Waals surface area contributed by atoms with E-state index in [0.29, 0.717) is 11.8 Å².